The average molecular weight is 180 g/mol. The fraction of sp³-hybridized carbons (Fsp3) is 0.455. The molecule has 2 atom stereocenters. The molecule has 0 saturated heterocycles. The Morgan fingerprint density at radius 1 is 1.38 bits per heavy atom. The van der Waals surface area contributed by atoms with Crippen LogP contribution < -0.4 is 0 Å². The van der Waals surface area contributed by atoms with E-state index in [1.54, 1.807) is 13.0 Å². The maximum atomic E-state index is 12.9. The standard InChI is InChI=1S/C11H13FO/c1-7-6-8(2-4-10(7)12)9-3-5-11(9)13/h2,4,6,9,11,13H,3,5H2,1H3. The Kier molecular flexibility index (Phi) is 2.08. The molecule has 0 radical (unpaired) electrons. The molecule has 0 heterocycles. The molecule has 0 bridgehead atoms. The molecule has 1 N–H and O–H groups in total. The Hall–Kier alpha value is -0.890. The Bertz CT molecular complexity index is 322. The molecule has 0 spiro atoms. The number of aliphatic hydroxyl groups is 1. The van der Waals surface area contributed by atoms with Crippen LogP contribution in [0.1, 0.15) is 29.9 Å². The van der Waals surface area contributed by atoms with Crippen molar-refractivity contribution in [2.45, 2.75) is 31.8 Å². The van der Waals surface area contributed by atoms with Crippen LogP contribution in [0.25, 0.3) is 0 Å². The van der Waals surface area contributed by atoms with Crippen LogP contribution in [0, 0.1) is 12.7 Å². The van der Waals surface area contributed by atoms with E-state index in [1.807, 2.05) is 6.07 Å². The summed E-state index contributed by atoms with van der Waals surface area (Å²) in [5.41, 5.74) is 1.73. The van der Waals surface area contributed by atoms with Crippen molar-refractivity contribution in [2.75, 3.05) is 0 Å². The number of hydrogen-bond acceptors (Lipinski definition) is 1. The van der Waals surface area contributed by atoms with Crippen LogP contribution in [0.15, 0.2) is 18.2 Å². The Labute approximate surface area is 77.2 Å². The van der Waals surface area contributed by atoms with Gasteiger partial charge in [0.15, 0.2) is 0 Å². The topological polar surface area (TPSA) is 20.2 Å². The zero-order valence-electron chi connectivity index (χ0n) is 7.63. The molecule has 0 aromatic heterocycles. The molecule has 2 unspecified atom stereocenters. The van der Waals surface area contributed by atoms with Crippen molar-refractivity contribution in [3.05, 3.63) is 35.1 Å². The summed E-state index contributed by atoms with van der Waals surface area (Å²) < 4.78 is 12.9. The van der Waals surface area contributed by atoms with Gasteiger partial charge >= 0.3 is 0 Å². The van der Waals surface area contributed by atoms with Crippen LogP contribution in [0.4, 0.5) is 4.39 Å². The van der Waals surface area contributed by atoms with Gasteiger partial charge in [0.1, 0.15) is 5.82 Å². The smallest absolute Gasteiger partial charge is 0.126 e. The van der Waals surface area contributed by atoms with Gasteiger partial charge in [-0.15, -0.1) is 0 Å². The first-order valence-electron chi connectivity index (χ1n) is 4.62. The second kappa shape index (κ2) is 3.11. The van der Waals surface area contributed by atoms with Crippen LogP contribution in [-0.4, -0.2) is 11.2 Å². The predicted molar refractivity (Wildman–Crippen MR) is 49.1 cm³/mol. The number of rotatable bonds is 1. The van der Waals surface area contributed by atoms with Crippen LogP contribution >= 0.6 is 0 Å². The van der Waals surface area contributed by atoms with E-state index in [1.165, 1.54) is 6.07 Å². The van der Waals surface area contributed by atoms with E-state index in [-0.39, 0.29) is 17.8 Å². The molecule has 0 amide bonds. The minimum Gasteiger partial charge on any atom is -0.392 e. The Morgan fingerprint density at radius 3 is 2.62 bits per heavy atom. The third kappa shape index (κ3) is 1.46. The van der Waals surface area contributed by atoms with Crippen molar-refractivity contribution in [3.8, 4) is 0 Å². The summed E-state index contributed by atoms with van der Waals surface area (Å²) in [6, 6.07) is 5.09. The fourth-order valence-corrected chi connectivity index (χ4v) is 1.77. The predicted octanol–water partition coefficient (Wildman–Crippen LogP) is 2.37. The molecule has 70 valence electrons. The highest BCUT2D eigenvalue weighted by Crippen LogP contribution is 2.37. The molecular formula is C11H13FO. The number of aliphatic hydroxyl groups excluding tert-OH is 1. The summed E-state index contributed by atoms with van der Waals surface area (Å²) in [7, 11) is 0. The highest BCUT2D eigenvalue weighted by atomic mass is 19.1. The summed E-state index contributed by atoms with van der Waals surface area (Å²) >= 11 is 0. The van der Waals surface area contributed by atoms with Gasteiger partial charge in [-0.05, 0) is 37.0 Å². The van der Waals surface area contributed by atoms with Crippen LogP contribution in [-0.2, 0) is 0 Å². The lowest BCUT2D eigenvalue weighted by atomic mass is 9.77. The largest absolute Gasteiger partial charge is 0.392 e. The van der Waals surface area contributed by atoms with Crippen molar-refractivity contribution in [3.63, 3.8) is 0 Å². The van der Waals surface area contributed by atoms with Gasteiger partial charge < -0.3 is 5.11 Å². The molecule has 1 aromatic carbocycles. The normalized spacial score (nSPS) is 27.0. The lowest BCUT2D eigenvalue weighted by molar-refractivity contribution is 0.0661. The molecule has 1 nitrogen and oxygen atoms in total. The SMILES string of the molecule is Cc1cc(C2CCC2O)ccc1F. The monoisotopic (exact) mass is 180 g/mol. The van der Waals surface area contributed by atoms with Gasteiger partial charge in [0.05, 0.1) is 6.10 Å². The maximum absolute atomic E-state index is 12.9. The van der Waals surface area contributed by atoms with Crippen molar-refractivity contribution < 1.29 is 9.50 Å². The van der Waals surface area contributed by atoms with Gasteiger partial charge in [-0.25, -0.2) is 4.39 Å². The quantitative estimate of drug-likeness (QED) is 0.703. The minimum atomic E-state index is -0.218. The van der Waals surface area contributed by atoms with E-state index in [4.69, 9.17) is 0 Å². The molecule has 13 heavy (non-hydrogen) atoms. The highest BCUT2D eigenvalue weighted by molar-refractivity contribution is 5.29. The Morgan fingerprint density at radius 2 is 2.15 bits per heavy atom. The van der Waals surface area contributed by atoms with E-state index < -0.39 is 0 Å². The molecule has 2 heteroatoms. The first-order chi connectivity index (χ1) is 6.18. The fourth-order valence-electron chi connectivity index (χ4n) is 1.77. The minimum absolute atomic E-state index is 0.169. The van der Waals surface area contributed by atoms with Crippen molar-refractivity contribution in [2.24, 2.45) is 0 Å². The summed E-state index contributed by atoms with van der Waals surface area (Å²) in [6.07, 6.45) is 1.68. The van der Waals surface area contributed by atoms with E-state index >= 15 is 0 Å². The number of halogens is 1. The second-order valence-electron chi connectivity index (χ2n) is 3.76. The first kappa shape index (κ1) is 8.70. The van der Waals surface area contributed by atoms with Gasteiger partial charge in [0.2, 0.25) is 0 Å². The molecule has 0 aliphatic heterocycles. The third-order valence-corrected chi connectivity index (χ3v) is 2.85. The summed E-state index contributed by atoms with van der Waals surface area (Å²) in [5, 5.41) is 9.43. The molecule has 1 aromatic rings. The number of hydrogen-bond donors (Lipinski definition) is 1. The molecule has 1 saturated carbocycles. The van der Waals surface area contributed by atoms with Gasteiger partial charge in [0, 0.05) is 5.92 Å². The lowest BCUT2D eigenvalue weighted by Gasteiger charge is -2.32. The zero-order valence-corrected chi connectivity index (χ0v) is 7.63. The van der Waals surface area contributed by atoms with Crippen LogP contribution in [0.5, 0.6) is 0 Å². The molecule has 1 aliphatic rings. The summed E-state index contributed by atoms with van der Waals surface area (Å²) in [5.74, 6) is 0.0665. The summed E-state index contributed by atoms with van der Waals surface area (Å²) in [6.45, 7) is 1.75. The summed E-state index contributed by atoms with van der Waals surface area (Å²) in [4.78, 5) is 0. The number of aryl methyl sites for hydroxylation is 1. The molecule has 1 fully saturated rings. The van der Waals surface area contributed by atoms with E-state index in [0.717, 1.165) is 18.4 Å². The van der Waals surface area contributed by atoms with Gasteiger partial charge in [-0.1, -0.05) is 12.1 Å². The average Bonchev–Trinajstić information content (AvgIpc) is 2.09. The second-order valence-corrected chi connectivity index (χ2v) is 3.76. The molecule has 2 rings (SSSR count). The highest BCUT2D eigenvalue weighted by Gasteiger charge is 2.30. The first-order valence-corrected chi connectivity index (χ1v) is 4.62. The molecule has 1 aliphatic carbocycles. The van der Waals surface area contributed by atoms with Crippen LogP contribution in [0.3, 0.4) is 0 Å². The lowest BCUT2D eigenvalue weighted by Crippen LogP contribution is -2.28. The zero-order chi connectivity index (χ0) is 9.42. The maximum Gasteiger partial charge on any atom is 0.126 e. The van der Waals surface area contributed by atoms with Gasteiger partial charge in [-0.3, -0.25) is 0 Å². The van der Waals surface area contributed by atoms with Gasteiger partial charge in [0.25, 0.3) is 0 Å². The van der Waals surface area contributed by atoms with Crippen LogP contribution in [0.2, 0.25) is 0 Å². The molecular weight excluding hydrogens is 167 g/mol. The number of benzene rings is 1. The van der Waals surface area contributed by atoms with E-state index in [9.17, 15) is 9.50 Å². The van der Waals surface area contributed by atoms with Crippen molar-refractivity contribution in [1.82, 2.24) is 0 Å². The van der Waals surface area contributed by atoms with Gasteiger partial charge in [-0.2, -0.15) is 0 Å². The third-order valence-electron chi connectivity index (χ3n) is 2.85. The van der Waals surface area contributed by atoms with E-state index in [2.05, 4.69) is 0 Å². The Balaban J connectivity index is 2.26. The van der Waals surface area contributed by atoms with E-state index in [0.29, 0.717) is 5.56 Å². The van der Waals surface area contributed by atoms with Crippen molar-refractivity contribution in [1.29, 1.82) is 0 Å². The van der Waals surface area contributed by atoms with Crippen molar-refractivity contribution >= 4 is 0 Å².